The highest BCUT2D eigenvalue weighted by Crippen LogP contribution is 2.40. The number of nitrogens with zero attached hydrogens (tertiary/aromatic N) is 1. The Morgan fingerprint density at radius 3 is 2.58 bits per heavy atom. The number of rotatable bonds is 3. The van der Waals surface area contributed by atoms with Gasteiger partial charge in [0.25, 0.3) is 5.91 Å². The molecule has 1 aliphatic carbocycles. The number of carbonyl (C=O) groups excluding carboxylic acids is 1. The van der Waals surface area contributed by atoms with Crippen LogP contribution >= 0.6 is 0 Å². The van der Waals surface area contributed by atoms with Gasteiger partial charge in [-0.3, -0.25) is 4.79 Å². The number of benzene rings is 2. The summed E-state index contributed by atoms with van der Waals surface area (Å²) >= 11 is 0. The molecular formula is C21H21NO4. The van der Waals surface area contributed by atoms with Gasteiger partial charge in [0.15, 0.2) is 11.5 Å². The van der Waals surface area contributed by atoms with Crippen LogP contribution < -0.4 is 9.47 Å². The first-order valence-electron chi connectivity index (χ1n) is 9.17. The van der Waals surface area contributed by atoms with E-state index in [1.807, 2.05) is 35.2 Å². The highest BCUT2D eigenvalue weighted by atomic mass is 16.7. The zero-order chi connectivity index (χ0) is 17.5. The van der Waals surface area contributed by atoms with Crippen molar-refractivity contribution in [2.45, 2.75) is 25.0 Å². The fourth-order valence-corrected chi connectivity index (χ4v) is 3.75. The summed E-state index contributed by atoms with van der Waals surface area (Å²) in [5.41, 5.74) is 1.76. The molecule has 0 radical (unpaired) electrons. The van der Waals surface area contributed by atoms with E-state index in [4.69, 9.17) is 14.2 Å². The fourth-order valence-electron chi connectivity index (χ4n) is 3.75. The van der Waals surface area contributed by atoms with Gasteiger partial charge in [0.05, 0.1) is 12.6 Å². The molecule has 2 fully saturated rings. The van der Waals surface area contributed by atoms with Crippen LogP contribution in [0.25, 0.3) is 0 Å². The fraction of sp³-hybridized carbons (Fsp3) is 0.381. The van der Waals surface area contributed by atoms with E-state index < -0.39 is 0 Å². The van der Waals surface area contributed by atoms with E-state index >= 15 is 0 Å². The highest BCUT2D eigenvalue weighted by Gasteiger charge is 2.40. The smallest absolute Gasteiger partial charge is 0.254 e. The van der Waals surface area contributed by atoms with Gasteiger partial charge in [-0.25, -0.2) is 0 Å². The summed E-state index contributed by atoms with van der Waals surface area (Å²) < 4.78 is 17.1. The molecule has 1 amide bonds. The molecule has 0 N–H and O–H groups in total. The van der Waals surface area contributed by atoms with Crippen LogP contribution in [0.5, 0.6) is 11.5 Å². The van der Waals surface area contributed by atoms with E-state index in [9.17, 15) is 4.79 Å². The molecule has 2 aliphatic heterocycles. The Bertz CT molecular complexity index is 818. The lowest BCUT2D eigenvalue weighted by atomic mass is 10.0. The molecule has 0 unspecified atom stereocenters. The summed E-state index contributed by atoms with van der Waals surface area (Å²) in [5, 5.41) is 0. The monoisotopic (exact) mass is 351 g/mol. The standard InChI is InChI=1S/C21H21NO4/c23-21(16-8-9-17-18(10-16)25-13-24-17)22-11-19(14-4-2-1-3-5-14)26-20(12-22)15-6-7-15/h1-5,8-10,15,19-20H,6-7,11-13H2/t19-,20+/m0/s1. The Morgan fingerprint density at radius 1 is 0.962 bits per heavy atom. The molecule has 5 heteroatoms. The molecule has 2 heterocycles. The summed E-state index contributed by atoms with van der Waals surface area (Å²) in [5.74, 6) is 1.94. The number of ether oxygens (including phenoxy) is 3. The summed E-state index contributed by atoms with van der Waals surface area (Å²) in [6, 6.07) is 15.6. The van der Waals surface area contributed by atoms with Crippen molar-refractivity contribution in [2.75, 3.05) is 19.9 Å². The van der Waals surface area contributed by atoms with Crippen LogP contribution in [-0.4, -0.2) is 36.8 Å². The molecule has 1 saturated heterocycles. The first-order valence-corrected chi connectivity index (χ1v) is 9.17. The molecule has 2 aromatic rings. The average Bonchev–Trinajstić information content (AvgIpc) is 3.45. The minimum absolute atomic E-state index is 0.0261. The van der Waals surface area contributed by atoms with Gasteiger partial charge in [-0.15, -0.1) is 0 Å². The van der Waals surface area contributed by atoms with Crippen molar-refractivity contribution in [1.29, 1.82) is 0 Å². The predicted molar refractivity (Wildman–Crippen MR) is 95.2 cm³/mol. The second kappa shape index (κ2) is 6.32. The summed E-state index contributed by atoms with van der Waals surface area (Å²) in [6.07, 6.45) is 2.43. The van der Waals surface area contributed by atoms with Gasteiger partial charge >= 0.3 is 0 Å². The molecule has 0 aromatic heterocycles. The number of morpholine rings is 1. The Labute approximate surface area is 152 Å². The van der Waals surface area contributed by atoms with E-state index in [1.165, 1.54) is 12.8 Å². The lowest BCUT2D eigenvalue weighted by molar-refractivity contribution is -0.0864. The van der Waals surface area contributed by atoms with E-state index in [0.717, 1.165) is 5.56 Å². The van der Waals surface area contributed by atoms with Crippen molar-refractivity contribution in [2.24, 2.45) is 5.92 Å². The molecule has 26 heavy (non-hydrogen) atoms. The molecule has 5 nitrogen and oxygen atoms in total. The first-order chi connectivity index (χ1) is 12.8. The van der Waals surface area contributed by atoms with Crippen LogP contribution in [-0.2, 0) is 4.74 Å². The van der Waals surface area contributed by atoms with Crippen LogP contribution in [0.15, 0.2) is 48.5 Å². The number of hydrogen-bond acceptors (Lipinski definition) is 4. The predicted octanol–water partition coefficient (Wildman–Crippen LogP) is 3.41. The van der Waals surface area contributed by atoms with Gasteiger partial charge in [-0.1, -0.05) is 30.3 Å². The molecule has 5 rings (SSSR count). The quantitative estimate of drug-likeness (QED) is 0.850. The van der Waals surface area contributed by atoms with Gasteiger partial charge < -0.3 is 19.1 Å². The number of amides is 1. The van der Waals surface area contributed by atoms with Crippen LogP contribution in [0, 0.1) is 5.92 Å². The molecule has 2 aromatic carbocycles. The van der Waals surface area contributed by atoms with Gasteiger partial charge in [0.1, 0.15) is 6.10 Å². The molecule has 3 aliphatic rings. The third-order valence-electron chi connectivity index (χ3n) is 5.35. The van der Waals surface area contributed by atoms with Gasteiger partial charge in [0, 0.05) is 12.1 Å². The van der Waals surface area contributed by atoms with Crippen molar-refractivity contribution < 1.29 is 19.0 Å². The topological polar surface area (TPSA) is 48.0 Å². The number of hydrogen-bond donors (Lipinski definition) is 0. The molecule has 0 bridgehead atoms. The minimum Gasteiger partial charge on any atom is -0.454 e. The van der Waals surface area contributed by atoms with Crippen LogP contribution in [0.1, 0.15) is 34.9 Å². The van der Waals surface area contributed by atoms with Crippen molar-refractivity contribution >= 4 is 5.91 Å². The zero-order valence-electron chi connectivity index (χ0n) is 14.5. The third-order valence-corrected chi connectivity index (χ3v) is 5.35. The Hall–Kier alpha value is -2.53. The van der Waals surface area contributed by atoms with Crippen LogP contribution in [0.2, 0.25) is 0 Å². The minimum atomic E-state index is -0.0755. The van der Waals surface area contributed by atoms with Gasteiger partial charge in [0.2, 0.25) is 6.79 Å². The summed E-state index contributed by atoms with van der Waals surface area (Å²) in [6.45, 7) is 1.44. The maximum Gasteiger partial charge on any atom is 0.254 e. The lowest BCUT2D eigenvalue weighted by Crippen LogP contribution is -2.47. The van der Waals surface area contributed by atoms with Gasteiger partial charge in [-0.05, 0) is 42.5 Å². The van der Waals surface area contributed by atoms with Crippen molar-refractivity contribution in [3.05, 3.63) is 59.7 Å². The normalized spacial score (nSPS) is 24.5. The molecule has 0 spiro atoms. The van der Waals surface area contributed by atoms with E-state index in [2.05, 4.69) is 12.1 Å². The van der Waals surface area contributed by atoms with Crippen molar-refractivity contribution in [3.63, 3.8) is 0 Å². The molecule has 1 saturated carbocycles. The van der Waals surface area contributed by atoms with E-state index in [-0.39, 0.29) is 24.9 Å². The molecule has 2 atom stereocenters. The van der Waals surface area contributed by atoms with E-state index in [1.54, 1.807) is 6.07 Å². The Balaban J connectivity index is 1.40. The average molecular weight is 351 g/mol. The highest BCUT2D eigenvalue weighted by molar-refractivity contribution is 5.95. The Morgan fingerprint density at radius 2 is 1.77 bits per heavy atom. The molecule has 134 valence electrons. The second-order valence-electron chi connectivity index (χ2n) is 7.19. The third kappa shape index (κ3) is 2.92. The maximum absolute atomic E-state index is 13.1. The van der Waals surface area contributed by atoms with E-state index in [0.29, 0.717) is 36.1 Å². The largest absolute Gasteiger partial charge is 0.454 e. The SMILES string of the molecule is O=C(c1ccc2c(c1)OCO2)N1C[C@@H](c2ccccc2)O[C@@H](C2CC2)C1. The summed E-state index contributed by atoms with van der Waals surface area (Å²) in [7, 11) is 0. The maximum atomic E-state index is 13.1. The zero-order valence-corrected chi connectivity index (χ0v) is 14.5. The summed E-state index contributed by atoms with van der Waals surface area (Å²) in [4.78, 5) is 15.1. The lowest BCUT2D eigenvalue weighted by Gasteiger charge is -2.38. The molecular weight excluding hydrogens is 330 g/mol. The van der Waals surface area contributed by atoms with Crippen molar-refractivity contribution in [1.82, 2.24) is 4.90 Å². The Kier molecular flexibility index (Phi) is 3.82. The van der Waals surface area contributed by atoms with Gasteiger partial charge in [-0.2, -0.15) is 0 Å². The second-order valence-corrected chi connectivity index (χ2v) is 7.19. The van der Waals surface area contributed by atoms with Crippen LogP contribution in [0.4, 0.5) is 0 Å². The van der Waals surface area contributed by atoms with Crippen molar-refractivity contribution in [3.8, 4) is 11.5 Å². The number of fused-ring (bicyclic) bond motifs is 1. The first kappa shape index (κ1) is 15.7. The van der Waals surface area contributed by atoms with Crippen LogP contribution in [0.3, 0.4) is 0 Å². The number of carbonyl (C=O) groups is 1.